The maximum Gasteiger partial charge on any atom is 0.237 e. The highest BCUT2D eigenvalue weighted by Gasteiger charge is 2.23. The van der Waals surface area contributed by atoms with Crippen molar-refractivity contribution in [3.05, 3.63) is 0 Å². The molecule has 4 heteroatoms. The van der Waals surface area contributed by atoms with Gasteiger partial charge in [0.2, 0.25) is 5.91 Å². The van der Waals surface area contributed by atoms with E-state index in [9.17, 15) is 4.79 Å². The molecule has 1 amide bonds. The van der Waals surface area contributed by atoms with Crippen LogP contribution in [0.4, 0.5) is 0 Å². The monoisotopic (exact) mass is 214 g/mol. The fourth-order valence-corrected chi connectivity index (χ4v) is 1.58. The summed E-state index contributed by atoms with van der Waals surface area (Å²) in [5, 5.41) is 15.1. The lowest BCUT2D eigenvalue weighted by Gasteiger charge is -2.26. The summed E-state index contributed by atoms with van der Waals surface area (Å²) >= 11 is 0. The molecule has 0 aromatic rings. The third-order valence-electron chi connectivity index (χ3n) is 2.80. The van der Waals surface area contributed by atoms with Gasteiger partial charge < -0.3 is 15.7 Å². The second kappa shape index (κ2) is 5.47. The van der Waals surface area contributed by atoms with E-state index in [-0.39, 0.29) is 24.0 Å². The molecule has 1 rings (SSSR count). The number of nitrogens with one attached hydrogen (secondary N) is 2. The van der Waals surface area contributed by atoms with Crippen molar-refractivity contribution in [3.63, 3.8) is 0 Å². The molecule has 4 nitrogen and oxygen atoms in total. The average Bonchev–Trinajstić information content (AvgIpc) is 2.27. The van der Waals surface area contributed by atoms with Crippen LogP contribution in [0.25, 0.3) is 0 Å². The molecule has 0 aromatic carbocycles. The molecule has 0 spiro atoms. The zero-order chi connectivity index (χ0) is 11.3. The topological polar surface area (TPSA) is 61.4 Å². The first kappa shape index (κ1) is 12.5. The van der Waals surface area contributed by atoms with Gasteiger partial charge in [0.15, 0.2) is 0 Å². The Morgan fingerprint density at radius 1 is 1.53 bits per heavy atom. The third kappa shape index (κ3) is 4.18. The number of aliphatic hydroxyl groups is 1. The lowest BCUT2D eigenvalue weighted by molar-refractivity contribution is -0.124. The smallest absolute Gasteiger partial charge is 0.237 e. The van der Waals surface area contributed by atoms with E-state index in [1.165, 1.54) is 0 Å². The van der Waals surface area contributed by atoms with E-state index < -0.39 is 0 Å². The number of hydrogen-bond donors (Lipinski definition) is 3. The highest BCUT2D eigenvalue weighted by atomic mass is 16.3. The maximum absolute atomic E-state index is 11.7. The normalized spacial score (nSPS) is 22.5. The number of piperidine rings is 1. The Hall–Kier alpha value is -0.610. The zero-order valence-corrected chi connectivity index (χ0v) is 9.68. The van der Waals surface area contributed by atoms with Crippen LogP contribution in [0.2, 0.25) is 0 Å². The van der Waals surface area contributed by atoms with E-state index in [4.69, 9.17) is 5.11 Å². The minimum atomic E-state index is -0.232. The summed E-state index contributed by atoms with van der Waals surface area (Å²) in [5.74, 6) is 0.0659. The Labute approximate surface area is 91.4 Å². The molecular formula is C11H22N2O2. The quantitative estimate of drug-likeness (QED) is 0.629. The molecule has 15 heavy (non-hydrogen) atoms. The van der Waals surface area contributed by atoms with Crippen LogP contribution < -0.4 is 10.6 Å². The van der Waals surface area contributed by atoms with Crippen LogP contribution in [0.1, 0.15) is 33.1 Å². The lowest BCUT2D eigenvalue weighted by Crippen LogP contribution is -2.49. The predicted molar refractivity (Wildman–Crippen MR) is 59.5 cm³/mol. The summed E-state index contributed by atoms with van der Waals surface area (Å²) in [7, 11) is 0. The van der Waals surface area contributed by atoms with Crippen LogP contribution >= 0.6 is 0 Å². The SMILES string of the molecule is CC(C)(CO)CNC(=O)[C@H]1CCCCN1. The number of rotatable bonds is 4. The van der Waals surface area contributed by atoms with Gasteiger partial charge in [0, 0.05) is 18.6 Å². The van der Waals surface area contributed by atoms with Gasteiger partial charge in [0.1, 0.15) is 0 Å². The van der Waals surface area contributed by atoms with E-state index in [0.29, 0.717) is 6.54 Å². The standard InChI is InChI=1S/C11H22N2O2/c1-11(2,8-14)7-13-10(15)9-5-3-4-6-12-9/h9,12,14H,3-8H2,1-2H3,(H,13,15)/t9-/m1/s1. The van der Waals surface area contributed by atoms with Crippen molar-refractivity contribution < 1.29 is 9.90 Å². The molecule has 1 aliphatic rings. The van der Waals surface area contributed by atoms with Crippen molar-refractivity contribution in [1.29, 1.82) is 0 Å². The molecule has 0 aliphatic carbocycles. The minimum absolute atomic E-state index is 0.0340. The molecule has 0 radical (unpaired) electrons. The molecule has 1 heterocycles. The van der Waals surface area contributed by atoms with Crippen molar-refractivity contribution in [3.8, 4) is 0 Å². The fraction of sp³-hybridized carbons (Fsp3) is 0.909. The molecule has 88 valence electrons. The largest absolute Gasteiger partial charge is 0.396 e. The van der Waals surface area contributed by atoms with Crippen LogP contribution in [0.3, 0.4) is 0 Å². The fourth-order valence-electron chi connectivity index (χ4n) is 1.58. The van der Waals surface area contributed by atoms with Gasteiger partial charge in [0.25, 0.3) is 0 Å². The Morgan fingerprint density at radius 3 is 2.80 bits per heavy atom. The van der Waals surface area contributed by atoms with Gasteiger partial charge in [-0.3, -0.25) is 4.79 Å². The summed E-state index contributed by atoms with van der Waals surface area (Å²) in [6, 6.07) is -0.0340. The molecule has 1 atom stereocenters. The van der Waals surface area contributed by atoms with E-state index >= 15 is 0 Å². The summed E-state index contributed by atoms with van der Waals surface area (Å²) in [5.41, 5.74) is -0.232. The number of hydrogen-bond acceptors (Lipinski definition) is 3. The average molecular weight is 214 g/mol. The van der Waals surface area contributed by atoms with Crippen molar-refractivity contribution in [2.45, 2.75) is 39.2 Å². The second-order valence-corrected chi connectivity index (χ2v) is 5.04. The van der Waals surface area contributed by atoms with E-state index in [1.54, 1.807) is 0 Å². The molecular weight excluding hydrogens is 192 g/mol. The number of carbonyl (C=O) groups excluding carboxylic acids is 1. The highest BCUT2D eigenvalue weighted by Crippen LogP contribution is 2.12. The number of carbonyl (C=O) groups is 1. The van der Waals surface area contributed by atoms with E-state index in [2.05, 4.69) is 10.6 Å². The Morgan fingerprint density at radius 2 is 2.27 bits per heavy atom. The summed E-state index contributed by atoms with van der Waals surface area (Å²) in [6.07, 6.45) is 3.20. The van der Waals surface area contributed by atoms with Gasteiger partial charge >= 0.3 is 0 Å². The minimum Gasteiger partial charge on any atom is -0.396 e. The number of amides is 1. The van der Waals surface area contributed by atoms with Gasteiger partial charge in [-0.2, -0.15) is 0 Å². The van der Waals surface area contributed by atoms with Crippen molar-refractivity contribution in [1.82, 2.24) is 10.6 Å². The van der Waals surface area contributed by atoms with Crippen molar-refractivity contribution in [2.75, 3.05) is 19.7 Å². The van der Waals surface area contributed by atoms with Crippen LogP contribution in [0, 0.1) is 5.41 Å². The molecule has 0 aromatic heterocycles. The molecule has 1 aliphatic heterocycles. The van der Waals surface area contributed by atoms with Crippen LogP contribution in [0.5, 0.6) is 0 Å². The molecule has 1 fully saturated rings. The first-order chi connectivity index (χ1) is 7.05. The third-order valence-corrected chi connectivity index (χ3v) is 2.80. The van der Waals surface area contributed by atoms with Crippen molar-refractivity contribution in [2.24, 2.45) is 5.41 Å². The van der Waals surface area contributed by atoms with E-state index in [0.717, 1.165) is 25.8 Å². The molecule has 0 saturated carbocycles. The molecule has 0 unspecified atom stereocenters. The van der Waals surface area contributed by atoms with Crippen LogP contribution in [-0.4, -0.2) is 36.8 Å². The Kier molecular flexibility index (Phi) is 4.54. The Bertz CT molecular complexity index is 211. The first-order valence-corrected chi connectivity index (χ1v) is 5.67. The van der Waals surface area contributed by atoms with Crippen LogP contribution in [-0.2, 0) is 4.79 Å². The Balaban J connectivity index is 2.28. The maximum atomic E-state index is 11.7. The van der Waals surface area contributed by atoms with Gasteiger partial charge in [-0.1, -0.05) is 20.3 Å². The zero-order valence-electron chi connectivity index (χ0n) is 9.68. The summed E-state index contributed by atoms with van der Waals surface area (Å²) in [6.45, 7) is 5.41. The van der Waals surface area contributed by atoms with E-state index in [1.807, 2.05) is 13.8 Å². The number of aliphatic hydroxyl groups excluding tert-OH is 1. The van der Waals surface area contributed by atoms with Gasteiger partial charge in [-0.15, -0.1) is 0 Å². The van der Waals surface area contributed by atoms with Crippen LogP contribution in [0.15, 0.2) is 0 Å². The van der Waals surface area contributed by atoms with Gasteiger partial charge in [0.05, 0.1) is 6.04 Å². The second-order valence-electron chi connectivity index (χ2n) is 5.04. The summed E-state index contributed by atoms with van der Waals surface area (Å²) < 4.78 is 0. The molecule has 1 saturated heterocycles. The predicted octanol–water partition coefficient (Wildman–Crippen LogP) is 0.263. The lowest BCUT2D eigenvalue weighted by atomic mass is 9.94. The summed E-state index contributed by atoms with van der Waals surface area (Å²) in [4.78, 5) is 11.7. The molecule has 0 bridgehead atoms. The first-order valence-electron chi connectivity index (χ1n) is 5.67. The molecule has 3 N–H and O–H groups in total. The van der Waals surface area contributed by atoms with Gasteiger partial charge in [-0.25, -0.2) is 0 Å². The highest BCUT2D eigenvalue weighted by molar-refractivity contribution is 5.81. The van der Waals surface area contributed by atoms with Crippen molar-refractivity contribution >= 4 is 5.91 Å². The van der Waals surface area contributed by atoms with Gasteiger partial charge in [-0.05, 0) is 19.4 Å².